The third-order valence-corrected chi connectivity index (χ3v) is 2.52. The van der Waals surface area contributed by atoms with Crippen molar-refractivity contribution in [3.05, 3.63) is 12.7 Å². The highest BCUT2D eigenvalue weighted by Gasteiger charge is 2.31. The summed E-state index contributed by atoms with van der Waals surface area (Å²) in [5.41, 5.74) is 0. The number of nitrogens with zero attached hydrogens (tertiary/aromatic N) is 1. The molecule has 3 amide bonds. The van der Waals surface area contributed by atoms with Crippen molar-refractivity contribution in [1.82, 2.24) is 15.5 Å². The Labute approximate surface area is 95.9 Å². The molecule has 1 aliphatic rings. The fraction of sp³-hybridized carbons (Fsp3) is 0.636. The van der Waals surface area contributed by atoms with Gasteiger partial charge in [0.15, 0.2) is 0 Å². The highest BCUT2D eigenvalue weighted by molar-refractivity contribution is 5.81. The van der Waals surface area contributed by atoms with E-state index in [2.05, 4.69) is 17.2 Å². The van der Waals surface area contributed by atoms with Crippen LogP contribution in [0.3, 0.4) is 0 Å². The minimum absolute atomic E-state index is 0.0836. The highest BCUT2D eigenvalue weighted by Crippen LogP contribution is 2.13. The molecule has 0 bridgehead atoms. The van der Waals surface area contributed by atoms with Gasteiger partial charge in [0.2, 0.25) is 5.91 Å². The molecule has 0 aromatic heterocycles. The number of nitrogens with one attached hydrogen (secondary N) is 2. The number of hydrogen-bond acceptors (Lipinski definition) is 2. The maximum absolute atomic E-state index is 11.6. The van der Waals surface area contributed by atoms with Gasteiger partial charge in [-0.3, -0.25) is 4.79 Å². The Kier molecular flexibility index (Phi) is 4.34. The maximum atomic E-state index is 11.6. The van der Waals surface area contributed by atoms with Crippen molar-refractivity contribution in [1.29, 1.82) is 0 Å². The molecule has 0 saturated carbocycles. The van der Waals surface area contributed by atoms with E-state index in [0.29, 0.717) is 19.5 Å². The predicted molar refractivity (Wildman–Crippen MR) is 62.0 cm³/mol. The van der Waals surface area contributed by atoms with Gasteiger partial charge in [0.25, 0.3) is 0 Å². The lowest BCUT2D eigenvalue weighted by atomic mass is 10.2. The monoisotopic (exact) mass is 225 g/mol. The van der Waals surface area contributed by atoms with Gasteiger partial charge in [-0.15, -0.1) is 6.58 Å². The first-order chi connectivity index (χ1) is 7.54. The third-order valence-electron chi connectivity index (χ3n) is 2.52. The topological polar surface area (TPSA) is 61.4 Å². The Bertz CT molecular complexity index is 289. The van der Waals surface area contributed by atoms with E-state index >= 15 is 0 Å². The summed E-state index contributed by atoms with van der Waals surface area (Å²) in [5.74, 6) is 0.101. The van der Waals surface area contributed by atoms with Crippen LogP contribution in [0, 0.1) is 0 Å². The Hall–Kier alpha value is -1.52. The second-order valence-corrected chi connectivity index (χ2v) is 4.18. The van der Waals surface area contributed by atoms with Crippen molar-refractivity contribution in [2.45, 2.75) is 32.4 Å². The second-order valence-electron chi connectivity index (χ2n) is 4.18. The van der Waals surface area contributed by atoms with Gasteiger partial charge in [-0.05, 0) is 13.8 Å². The summed E-state index contributed by atoms with van der Waals surface area (Å²) >= 11 is 0. The van der Waals surface area contributed by atoms with Crippen LogP contribution in [-0.4, -0.2) is 42.0 Å². The summed E-state index contributed by atoms with van der Waals surface area (Å²) in [6.45, 7) is 8.47. The zero-order valence-corrected chi connectivity index (χ0v) is 9.82. The molecule has 5 nitrogen and oxygen atoms in total. The van der Waals surface area contributed by atoms with Crippen LogP contribution in [0.25, 0.3) is 0 Å². The van der Waals surface area contributed by atoms with Crippen LogP contribution < -0.4 is 10.6 Å². The first-order valence-electron chi connectivity index (χ1n) is 5.49. The Morgan fingerprint density at radius 1 is 1.69 bits per heavy atom. The van der Waals surface area contributed by atoms with Crippen LogP contribution in [0.1, 0.15) is 20.3 Å². The number of hydrogen-bond donors (Lipinski definition) is 2. The van der Waals surface area contributed by atoms with E-state index in [4.69, 9.17) is 0 Å². The summed E-state index contributed by atoms with van der Waals surface area (Å²) in [6, 6.07) is -0.140. The van der Waals surface area contributed by atoms with Gasteiger partial charge in [-0.2, -0.15) is 0 Å². The van der Waals surface area contributed by atoms with Gasteiger partial charge in [0.05, 0.1) is 6.04 Å². The van der Waals surface area contributed by atoms with Crippen molar-refractivity contribution in [2.24, 2.45) is 0 Å². The molecular formula is C11H19N3O2. The smallest absolute Gasteiger partial charge is 0.315 e. The predicted octanol–water partition coefficient (Wildman–Crippen LogP) is 0.481. The van der Waals surface area contributed by atoms with Crippen LogP contribution in [0.5, 0.6) is 0 Å². The van der Waals surface area contributed by atoms with Crippen LogP contribution in [-0.2, 0) is 4.79 Å². The van der Waals surface area contributed by atoms with E-state index in [9.17, 15) is 9.59 Å². The van der Waals surface area contributed by atoms with E-state index in [1.54, 1.807) is 11.0 Å². The average Bonchev–Trinajstić information content (AvgIpc) is 2.56. The molecule has 0 radical (unpaired) electrons. The summed E-state index contributed by atoms with van der Waals surface area (Å²) in [5, 5.41) is 5.39. The lowest BCUT2D eigenvalue weighted by Crippen LogP contribution is -2.43. The Balaban J connectivity index is 2.38. The number of likely N-dealkylation sites (tertiary alicyclic amines) is 1. The maximum Gasteiger partial charge on any atom is 0.315 e. The van der Waals surface area contributed by atoms with Crippen molar-refractivity contribution < 1.29 is 9.59 Å². The molecule has 0 aromatic carbocycles. The van der Waals surface area contributed by atoms with Gasteiger partial charge in [-0.25, -0.2) is 4.79 Å². The van der Waals surface area contributed by atoms with E-state index in [1.165, 1.54) is 0 Å². The van der Waals surface area contributed by atoms with Gasteiger partial charge in [-0.1, -0.05) is 6.08 Å². The summed E-state index contributed by atoms with van der Waals surface area (Å²) in [4.78, 5) is 24.7. The number of carbonyl (C=O) groups excluding carboxylic acids is 2. The zero-order chi connectivity index (χ0) is 12.1. The molecule has 2 N–H and O–H groups in total. The molecule has 1 rings (SSSR count). The standard InChI is InChI=1S/C11H19N3O2/c1-4-5-12-11(16)13-9-6-10(15)14(7-9)8(2)3/h4,8-9H,1,5-7H2,2-3H3,(H2,12,13,16). The van der Waals surface area contributed by atoms with Crippen LogP contribution >= 0.6 is 0 Å². The minimum Gasteiger partial charge on any atom is -0.338 e. The third kappa shape index (κ3) is 3.25. The molecular weight excluding hydrogens is 206 g/mol. The number of carbonyl (C=O) groups is 2. The van der Waals surface area contributed by atoms with E-state index in [1.807, 2.05) is 13.8 Å². The average molecular weight is 225 g/mol. The van der Waals surface area contributed by atoms with E-state index in [0.717, 1.165) is 0 Å². The zero-order valence-electron chi connectivity index (χ0n) is 9.82. The molecule has 5 heteroatoms. The number of rotatable bonds is 4. The minimum atomic E-state index is -0.247. The van der Waals surface area contributed by atoms with Crippen LogP contribution in [0.4, 0.5) is 4.79 Å². The lowest BCUT2D eigenvalue weighted by Gasteiger charge is -2.21. The van der Waals surface area contributed by atoms with Crippen molar-refractivity contribution in [2.75, 3.05) is 13.1 Å². The van der Waals surface area contributed by atoms with Gasteiger partial charge >= 0.3 is 6.03 Å². The molecule has 0 aromatic rings. The van der Waals surface area contributed by atoms with E-state index < -0.39 is 0 Å². The van der Waals surface area contributed by atoms with E-state index in [-0.39, 0.29) is 24.0 Å². The molecule has 1 aliphatic heterocycles. The first kappa shape index (κ1) is 12.5. The van der Waals surface area contributed by atoms with Gasteiger partial charge in [0, 0.05) is 25.6 Å². The molecule has 0 spiro atoms. The fourth-order valence-corrected chi connectivity index (χ4v) is 1.73. The fourth-order valence-electron chi connectivity index (χ4n) is 1.73. The largest absolute Gasteiger partial charge is 0.338 e. The van der Waals surface area contributed by atoms with Crippen molar-refractivity contribution in [3.8, 4) is 0 Å². The molecule has 1 heterocycles. The quantitative estimate of drug-likeness (QED) is 0.684. The van der Waals surface area contributed by atoms with Gasteiger partial charge in [0.1, 0.15) is 0 Å². The normalized spacial score (nSPS) is 20.1. The number of amides is 3. The highest BCUT2D eigenvalue weighted by atomic mass is 16.2. The molecule has 1 atom stereocenters. The van der Waals surface area contributed by atoms with Crippen molar-refractivity contribution in [3.63, 3.8) is 0 Å². The lowest BCUT2D eigenvalue weighted by molar-refractivity contribution is -0.129. The number of urea groups is 1. The first-order valence-corrected chi connectivity index (χ1v) is 5.49. The van der Waals surface area contributed by atoms with Gasteiger partial charge < -0.3 is 15.5 Å². The molecule has 1 saturated heterocycles. The SMILES string of the molecule is C=CCNC(=O)NC1CC(=O)N(C(C)C)C1. The van der Waals surface area contributed by atoms with Crippen LogP contribution in [0.15, 0.2) is 12.7 Å². The summed E-state index contributed by atoms with van der Waals surface area (Å²) in [7, 11) is 0. The molecule has 90 valence electrons. The van der Waals surface area contributed by atoms with Crippen LogP contribution in [0.2, 0.25) is 0 Å². The molecule has 0 aliphatic carbocycles. The molecule has 1 fully saturated rings. The molecule has 16 heavy (non-hydrogen) atoms. The van der Waals surface area contributed by atoms with Crippen molar-refractivity contribution >= 4 is 11.9 Å². The molecule has 1 unspecified atom stereocenters. The Morgan fingerprint density at radius 3 is 2.88 bits per heavy atom. The summed E-state index contributed by atoms with van der Waals surface area (Å²) < 4.78 is 0. The summed E-state index contributed by atoms with van der Waals surface area (Å²) in [6.07, 6.45) is 2.00. The Morgan fingerprint density at radius 2 is 2.38 bits per heavy atom. The second kappa shape index (κ2) is 5.53.